The van der Waals surface area contributed by atoms with Crippen LogP contribution in [0.5, 0.6) is 0 Å². The first-order valence-corrected chi connectivity index (χ1v) is 5.80. The molecule has 0 radical (unpaired) electrons. The first-order valence-electron chi connectivity index (χ1n) is 5.80. The topological polar surface area (TPSA) is 38.7 Å². The smallest absolute Gasteiger partial charge is 0.433 e. The van der Waals surface area contributed by atoms with Crippen molar-refractivity contribution in [2.24, 2.45) is 16.8 Å². The normalized spacial score (nSPS) is 25.9. The van der Waals surface area contributed by atoms with Crippen molar-refractivity contribution in [2.45, 2.75) is 45.6 Å². The van der Waals surface area contributed by atoms with E-state index in [0.717, 1.165) is 19.3 Å². The van der Waals surface area contributed by atoms with E-state index < -0.39 is 11.7 Å². The average Bonchev–Trinajstić information content (AvgIpc) is 2.59. The Morgan fingerprint density at radius 2 is 2.00 bits per heavy atom. The molecule has 1 aliphatic carbocycles. The number of aliphatic imine (C=N–C) groups is 1. The summed E-state index contributed by atoms with van der Waals surface area (Å²) in [4.78, 5) is 15.2. The van der Waals surface area contributed by atoms with Gasteiger partial charge in [-0.25, -0.2) is 4.79 Å². The minimum Gasteiger partial charge on any atom is -0.442 e. The zero-order valence-electron chi connectivity index (χ0n) is 10.4. The van der Waals surface area contributed by atoms with Crippen LogP contribution in [0.3, 0.4) is 0 Å². The van der Waals surface area contributed by atoms with Gasteiger partial charge in [0.05, 0.1) is 0 Å². The molecule has 3 heteroatoms. The molecule has 16 heavy (non-hydrogen) atoms. The van der Waals surface area contributed by atoms with E-state index in [1.807, 2.05) is 26.8 Å². The Morgan fingerprint density at radius 1 is 1.38 bits per heavy atom. The molecule has 0 heterocycles. The molecule has 1 fully saturated rings. The van der Waals surface area contributed by atoms with Crippen molar-refractivity contribution in [1.82, 2.24) is 0 Å². The van der Waals surface area contributed by atoms with E-state index in [9.17, 15) is 4.79 Å². The van der Waals surface area contributed by atoms with Crippen molar-refractivity contribution in [3.05, 3.63) is 12.7 Å². The number of ether oxygens (including phenoxy) is 1. The van der Waals surface area contributed by atoms with Crippen LogP contribution in [0, 0.1) is 11.8 Å². The third-order valence-electron chi connectivity index (χ3n) is 2.63. The number of amides is 1. The second-order valence-corrected chi connectivity index (χ2v) is 5.33. The van der Waals surface area contributed by atoms with Crippen molar-refractivity contribution in [3.63, 3.8) is 0 Å². The molecular weight excluding hydrogens is 202 g/mol. The quantitative estimate of drug-likeness (QED) is 0.530. The zero-order chi connectivity index (χ0) is 12.2. The summed E-state index contributed by atoms with van der Waals surface area (Å²) >= 11 is 0. The zero-order valence-corrected chi connectivity index (χ0v) is 10.4. The van der Waals surface area contributed by atoms with Crippen LogP contribution in [0.2, 0.25) is 0 Å². The lowest BCUT2D eigenvalue weighted by Crippen LogP contribution is -2.22. The molecule has 1 saturated carbocycles. The Morgan fingerprint density at radius 3 is 2.50 bits per heavy atom. The van der Waals surface area contributed by atoms with Crippen LogP contribution in [-0.4, -0.2) is 17.9 Å². The molecule has 0 spiro atoms. The van der Waals surface area contributed by atoms with E-state index in [1.54, 1.807) is 6.21 Å². The fourth-order valence-electron chi connectivity index (χ4n) is 1.86. The number of allylic oxidation sites excluding steroid dienone is 1. The molecule has 0 bridgehead atoms. The fraction of sp³-hybridized carbons (Fsp3) is 0.692. The molecule has 0 aromatic heterocycles. The summed E-state index contributed by atoms with van der Waals surface area (Å²) in [5.74, 6) is 0.977. The van der Waals surface area contributed by atoms with Gasteiger partial charge in [-0.05, 0) is 51.9 Å². The van der Waals surface area contributed by atoms with Crippen LogP contribution in [0.1, 0.15) is 40.0 Å². The lowest BCUT2D eigenvalue weighted by Gasteiger charge is -2.17. The molecule has 0 aromatic rings. The minimum atomic E-state index is -0.491. The number of carbonyl (C=O) groups is 1. The van der Waals surface area contributed by atoms with Crippen LogP contribution in [0.4, 0.5) is 4.79 Å². The van der Waals surface area contributed by atoms with Gasteiger partial charge in [0.1, 0.15) is 5.60 Å². The Balaban J connectivity index is 2.37. The van der Waals surface area contributed by atoms with E-state index in [1.165, 1.54) is 0 Å². The lowest BCUT2D eigenvalue weighted by molar-refractivity contribution is 0.0604. The van der Waals surface area contributed by atoms with Gasteiger partial charge in [0.15, 0.2) is 0 Å². The van der Waals surface area contributed by atoms with Gasteiger partial charge in [-0.3, -0.25) is 0 Å². The Bertz CT molecular complexity index is 289. The predicted molar refractivity (Wildman–Crippen MR) is 65.8 cm³/mol. The van der Waals surface area contributed by atoms with Gasteiger partial charge >= 0.3 is 6.09 Å². The summed E-state index contributed by atoms with van der Waals surface area (Å²) in [5.41, 5.74) is -0.465. The van der Waals surface area contributed by atoms with Crippen molar-refractivity contribution in [3.8, 4) is 0 Å². The second kappa shape index (κ2) is 5.28. The first-order chi connectivity index (χ1) is 7.40. The third kappa shape index (κ3) is 4.60. The average molecular weight is 223 g/mol. The molecule has 1 rings (SSSR count). The van der Waals surface area contributed by atoms with Gasteiger partial charge in [0.25, 0.3) is 0 Å². The van der Waals surface area contributed by atoms with Crippen LogP contribution in [-0.2, 0) is 4.74 Å². The number of hydrogen-bond acceptors (Lipinski definition) is 2. The van der Waals surface area contributed by atoms with Gasteiger partial charge < -0.3 is 4.74 Å². The Hall–Kier alpha value is -1.12. The molecule has 3 nitrogen and oxygen atoms in total. The summed E-state index contributed by atoms with van der Waals surface area (Å²) in [5, 5.41) is 0. The second-order valence-electron chi connectivity index (χ2n) is 5.33. The molecule has 2 atom stereocenters. The van der Waals surface area contributed by atoms with Gasteiger partial charge in [-0.2, -0.15) is 4.99 Å². The molecule has 1 aliphatic rings. The monoisotopic (exact) mass is 223 g/mol. The van der Waals surface area contributed by atoms with Crippen LogP contribution < -0.4 is 0 Å². The molecular formula is C13H21NO2. The van der Waals surface area contributed by atoms with Gasteiger partial charge in [0, 0.05) is 6.21 Å². The number of hydrogen-bond donors (Lipinski definition) is 0. The molecule has 0 saturated heterocycles. The van der Waals surface area contributed by atoms with E-state index in [2.05, 4.69) is 11.6 Å². The summed E-state index contributed by atoms with van der Waals surface area (Å²) in [7, 11) is 0. The van der Waals surface area contributed by atoms with E-state index >= 15 is 0 Å². The number of carbonyl (C=O) groups excluding carboxylic acids is 1. The minimum absolute atomic E-state index is 0.399. The van der Waals surface area contributed by atoms with Crippen molar-refractivity contribution in [2.75, 3.05) is 0 Å². The van der Waals surface area contributed by atoms with Crippen LogP contribution >= 0.6 is 0 Å². The Kier molecular flexibility index (Phi) is 4.27. The summed E-state index contributed by atoms with van der Waals surface area (Å²) in [6.45, 7) is 9.30. The van der Waals surface area contributed by atoms with Gasteiger partial charge in [-0.1, -0.05) is 6.08 Å². The van der Waals surface area contributed by atoms with Gasteiger partial charge in [-0.15, -0.1) is 6.58 Å². The van der Waals surface area contributed by atoms with Gasteiger partial charge in [0.2, 0.25) is 0 Å². The highest BCUT2D eigenvalue weighted by Crippen LogP contribution is 2.30. The molecule has 1 amide bonds. The summed E-state index contributed by atoms with van der Waals surface area (Å²) < 4.78 is 5.09. The van der Waals surface area contributed by atoms with E-state index in [4.69, 9.17) is 4.74 Å². The van der Waals surface area contributed by atoms with Crippen LogP contribution in [0.15, 0.2) is 17.6 Å². The maximum atomic E-state index is 11.3. The number of rotatable bonds is 2. The first kappa shape index (κ1) is 12.9. The molecule has 90 valence electrons. The SMILES string of the molecule is C=C[C@H]1CC[C@@H](C=NC(=O)OC(C)(C)C)C1. The van der Waals surface area contributed by atoms with Crippen molar-refractivity contribution >= 4 is 12.3 Å². The molecule has 0 unspecified atom stereocenters. The summed E-state index contributed by atoms with van der Waals surface area (Å²) in [6, 6.07) is 0. The van der Waals surface area contributed by atoms with Crippen LogP contribution in [0.25, 0.3) is 0 Å². The lowest BCUT2D eigenvalue weighted by atomic mass is 10.1. The largest absolute Gasteiger partial charge is 0.442 e. The highest BCUT2D eigenvalue weighted by molar-refractivity contribution is 5.80. The maximum absolute atomic E-state index is 11.3. The molecule has 0 aliphatic heterocycles. The number of nitrogens with zero attached hydrogens (tertiary/aromatic N) is 1. The molecule has 0 aromatic carbocycles. The standard InChI is InChI=1S/C13H21NO2/c1-5-10-6-7-11(8-10)9-14-12(15)16-13(2,3)4/h5,9-11H,1,6-8H2,2-4H3/t10-,11+/m0/s1. The van der Waals surface area contributed by atoms with Crippen molar-refractivity contribution in [1.29, 1.82) is 0 Å². The van der Waals surface area contributed by atoms with Crippen molar-refractivity contribution < 1.29 is 9.53 Å². The Labute approximate surface area is 97.6 Å². The maximum Gasteiger partial charge on any atom is 0.433 e. The predicted octanol–water partition coefficient (Wildman–Crippen LogP) is 3.59. The summed E-state index contributed by atoms with van der Waals surface area (Å²) in [6.07, 6.45) is 6.51. The van der Waals surface area contributed by atoms with E-state index in [0.29, 0.717) is 11.8 Å². The van der Waals surface area contributed by atoms with E-state index in [-0.39, 0.29) is 0 Å². The highest BCUT2D eigenvalue weighted by Gasteiger charge is 2.21. The highest BCUT2D eigenvalue weighted by atomic mass is 16.6. The third-order valence-corrected chi connectivity index (χ3v) is 2.63. The molecule has 0 N–H and O–H groups in total. The fourth-order valence-corrected chi connectivity index (χ4v) is 1.86.